The maximum atomic E-state index is 12.3. The van der Waals surface area contributed by atoms with E-state index >= 15 is 0 Å². The summed E-state index contributed by atoms with van der Waals surface area (Å²) < 4.78 is 27.4. The minimum Gasteiger partial charge on any atom is -0.315 e. The normalized spacial score (nSPS) is 20.8. The van der Waals surface area contributed by atoms with E-state index in [1.54, 1.807) is 12.1 Å². The second-order valence-corrected chi connectivity index (χ2v) is 6.85. The Balaban J connectivity index is 2.19. The van der Waals surface area contributed by atoms with E-state index in [-0.39, 0.29) is 6.04 Å². The van der Waals surface area contributed by atoms with E-state index in [2.05, 4.69) is 10.0 Å². The first-order valence-corrected chi connectivity index (χ1v) is 8.70. The maximum Gasteiger partial charge on any atom is 0.241 e. The largest absolute Gasteiger partial charge is 0.315 e. The van der Waals surface area contributed by atoms with E-state index in [4.69, 9.17) is 0 Å². The highest BCUT2D eigenvalue weighted by atomic mass is 32.2. The summed E-state index contributed by atoms with van der Waals surface area (Å²) in [5.74, 6) is 0. The molecule has 0 amide bonds. The third-order valence-electron chi connectivity index (χ3n) is 2.98. The van der Waals surface area contributed by atoms with Crippen molar-refractivity contribution in [1.82, 2.24) is 10.0 Å². The van der Waals surface area contributed by atoms with Crippen LogP contribution in [0.4, 0.5) is 0 Å². The van der Waals surface area contributed by atoms with Gasteiger partial charge in [-0.1, -0.05) is 12.1 Å². The second kappa shape index (κ2) is 6.06. The highest BCUT2D eigenvalue weighted by Crippen LogP contribution is 2.24. The van der Waals surface area contributed by atoms with Gasteiger partial charge < -0.3 is 5.32 Å². The van der Waals surface area contributed by atoms with Gasteiger partial charge in [0.15, 0.2) is 0 Å². The van der Waals surface area contributed by atoms with Crippen molar-refractivity contribution in [2.24, 2.45) is 0 Å². The van der Waals surface area contributed by atoms with Gasteiger partial charge in [-0.25, -0.2) is 13.1 Å². The van der Waals surface area contributed by atoms with Gasteiger partial charge in [0.2, 0.25) is 10.0 Å². The molecular weight excluding hydrogens is 268 g/mol. The zero-order chi connectivity index (χ0) is 13.0. The first kappa shape index (κ1) is 13.9. The number of sulfonamides is 1. The fraction of sp³-hybridized carbons (Fsp3) is 0.500. The summed E-state index contributed by atoms with van der Waals surface area (Å²) in [6.45, 7) is 1.68. The fourth-order valence-electron chi connectivity index (χ4n) is 2.08. The van der Waals surface area contributed by atoms with Crippen LogP contribution in [-0.4, -0.2) is 33.8 Å². The van der Waals surface area contributed by atoms with Crippen LogP contribution in [0.15, 0.2) is 34.1 Å². The molecule has 1 unspecified atom stereocenters. The molecule has 0 bridgehead atoms. The van der Waals surface area contributed by atoms with E-state index in [1.807, 2.05) is 18.4 Å². The van der Waals surface area contributed by atoms with Crippen molar-refractivity contribution in [2.45, 2.75) is 28.7 Å². The Kier molecular flexibility index (Phi) is 4.66. The molecule has 1 aliphatic rings. The molecule has 1 fully saturated rings. The van der Waals surface area contributed by atoms with E-state index in [9.17, 15) is 8.42 Å². The molecule has 1 atom stereocenters. The second-order valence-electron chi connectivity index (χ2n) is 4.32. The van der Waals surface area contributed by atoms with E-state index in [1.165, 1.54) is 11.8 Å². The Hall–Kier alpha value is -0.560. The Morgan fingerprint density at radius 3 is 2.83 bits per heavy atom. The Labute approximate surface area is 113 Å². The third-order valence-corrected chi connectivity index (χ3v) is 5.48. The average molecular weight is 286 g/mol. The van der Waals surface area contributed by atoms with Crippen LogP contribution in [0.25, 0.3) is 0 Å². The molecule has 2 rings (SSSR count). The molecule has 100 valence electrons. The molecule has 2 N–H and O–H groups in total. The van der Waals surface area contributed by atoms with Crippen LogP contribution in [0, 0.1) is 0 Å². The molecule has 6 heteroatoms. The molecule has 1 aromatic carbocycles. The van der Waals surface area contributed by atoms with Gasteiger partial charge in [-0.3, -0.25) is 0 Å². The molecule has 0 radical (unpaired) electrons. The minimum absolute atomic E-state index is 0.00124. The molecule has 1 saturated heterocycles. The summed E-state index contributed by atoms with van der Waals surface area (Å²) in [5.41, 5.74) is 0. The first-order chi connectivity index (χ1) is 8.63. The van der Waals surface area contributed by atoms with Crippen LogP contribution in [0.1, 0.15) is 12.8 Å². The Morgan fingerprint density at radius 1 is 1.39 bits per heavy atom. The van der Waals surface area contributed by atoms with Gasteiger partial charge in [0, 0.05) is 17.5 Å². The summed E-state index contributed by atoms with van der Waals surface area (Å²) in [5, 5.41) is 3.21. The van der Waals surface area contributed by atoms with Gasteiger partial charge in [0.1, 0.15) is 0 Å². The van der Waals surface area contributed by atoms with Crippen molar-refractivity contribution in [3.63, 3.8) is 0 Å². The summed E-state index contributed by atoms with van der Waals surface area (Å²) in [6.07, 6.45) is 3.79. The van der Waals surface area contributed by atoms with Gasteiger partial charge in [-0.2, -0.15) is 0 Å². The highest BCUT2D eigenvalue weighted by molar-refractivity contribution is 7.99. The smallest absolute Gasteiger partial charge is 0.241 e. The lowest BCUT2D eigenvalue weighted by Gasteiger charge is -2.24. The predicted molar refractivity (Wildman–Crippen MR) is 74.4 cm³/mol. The lowest BCUT2D eigenvalue weighted by Crippen LogP contribution is -2.45. The van der Waals surface area contributed by atoms with Crippen LogP contribution in [0.5, 0.6) is 0 Å². The number of thioether (sulfide) groups is 1. The fourth-order valence-corrected chi connectivity index (χ4v) is 4.50. The van der Waals surface area contributed by atoms with Crippen LogP contribution >= 0.6 is 11.8 Å². The lowest BCUT2D eigenvalue weighted by molar-refractivity contribution is 0.428. The molecular formula is C12H18N2O2S2. The maximum absolute atomic E-state index is 12.3. The zero-order valence-electron chi connectivity index (χ0n) is 10.3. The summed E-state index contributed by atoms with van der Waals surface area (Å²) in [6, 6.07) is 7.10. The van der Waals surface area contributed by atoms with Gasteiger partial charge in [0.25, 0.3) is 0 Å². The number of rotatable bonds is 4. The summed E-state index contributed by atoms with van der Waals surface area (Å²) in [7, 11) is -3.41. The van der Waals surface area contributed by atoms with Crippen LogP contribution in [0.3, 0.4) is 0 Å². The van der Waals surface area contributed by atoms with E-state index < -0.39 is 10.0 Å². The quantitative estimate of drug-likeness (QED) is 0.822. The van der Waals surface area contributed by atoms with Gasteiger partial charge in [0.05, 0.1) is 4.90 Å². The first-order valence-electron chi connectivity index (χ1n) is 5.99. The van der Waals surface area contributed by atoms with Crippen molar-refractivity contribution in [3.05, 3.63) is 24.3 Å². The minimum atomic E-state index is -3.41. The molecule has 18 heavy (non-hydrogen) atoms. The van der Waals surface area contributed by atoms with E-state index in [0.29, 0.717) is 11.4 Å². The van der Waals surface area contributed by atoms with Crippen LogP contribution < -0.4 is 10.0 Å². The Bertz CT molecular complexity index is 497. The molecule has 0 aromatic heterocycles. The van der Waals surface area contributed by atoms with Gasteiger partial charge in [-0.15, -0.1) is 11.8 Å². The molecule has 4 nitrogen and oxygen atoms in total. The van der Waals surface area contributed by atoms with Crippen molar-refractivity contribution in [1.29, 1.82) is 0 Å². The van der Waals surface area contributed by atoms with Crippen LogP contribution in [-0.2, 0) is 10.0 Å². The number of benzene rings is 1. The zero-order valence-corrected chi connectivity index (χ0v) is 12.0. The molecule has 1 heterocycles. The van der Waals surface area contributed by atoms with Crippen molar-refractivity contribution < 1.29 is 8.42 Å². The topological polar surface area (TPSA) is 58.2 Å². The number of hydrogen-bond acceptors (Lipinski definition) is 4. The molecule has 0 aliphatic carbocycles. The SMILES string of the molecule is CSc1ccccc1S(=O)(=O)NC1CCCNC1. The monoisotopic (exact) mass is 286 g/mol. The third kappa shape index (κ3) is 3.26. The Morgan fingerprint density at radius 2 is 2.17 bits per heavy atom. The lowest BCUT2D eigenvalue weighted by atomic mass is 10.1. The molecule has 1 aliphatic heterocycles. The van der Waals surface area contributed by atoms with Crippen LogP contribution in [0.2, 0.25) is 0 Å². The van der Waals surface area contributed by atoms with Crippen molar-refractivity contribution in [2.75, 3.05) is 19.3 Å². The molecule has 0 saturated carbocycles. The predicted octanol–water partition coefficient (Wildman–Crippen LogP) is 1.44. The van der Waals surface area contributed by atoms with Crippen molar-refractivity contribution in [3.8, 4) is 0 Å². The molecule has 0 spiro atoms. The van der Waals surface area contributed by atoms with E-state index in [0.717, 1.165) is 24.3 Å². The van der Waals surface area contributed by atoms with Crippen molar-refractivity contribution >= 4 is 21.8 Å². The summed E-state index contributed by atoms with van der Waals surface area (Å²) in [4.78, 5) is 1.16. The standard InChI is InChI=1S/C12H18N2O2S2/c1-17-11-6-2-3-7-12(11)18(15,16)14-10-5-4-8-13-9-10/h2-3,6-7,10,13-14H,4-5,8-9H2,1H3. The number of piperidine rings is 1. The summed E-state index contributed by atoms with van der Waals surface area (Å²) >= 11 is 1.45. The number of nitrogens with one attached hydrogen (secondary N) is 2. The molecule has 1 aromatic rings. The van der Waals surface area contributed by atoms with Gasteiger partial charge >= 0.3 is 0 Å². The van der Waals surface area contributed by atoms with Gasteiger partial charge in [-0.05, 0) is 37.8 Å². The average Bonchev–Trinajstić information content (AvgIpc) is 2.39. The number of hydrogen-bond donors (Lipinski definition) is 2. The highest BCUT2D eigenvalue weighted by Gasteiger charge is 2.23.